The van der Waals surface area contributed by atoms with Crippen LogP contribution < -0.4 is 0 Å². The van der Waals surface area contributed by atoms with Crippen molar-refractivity contribution in [1.29, 1.82) is 0 Å². The summed E-state index contributed by atoms with van der Waals surface area (Å²) in [6, 6.07) is 7.45. The van der Waals surface area contributed by atoms with E-state index in [1.165, 1.54) is 24.3 Å². The molecule has 0 amide bonds. The van der Waals surface area contributed by atoms with Crippen LogP contribution in [0.25, 0.3) is 0 Å². The molecule has 0 spiro atoms. The minimum atomic E-state index is -4.56. The first-order chi connectivity index (χ1) is 9.77. The monoisotopic (exact) mass is 320 g/mol. The molecule has 2 aromatic carbocycles. The van der Waals surface area contributed by atoms with E-state index in [2.05, 4.69) is 0 Å². The zero-order valence-electron chi connectivity index (χ0n) is 10.6. The van der Waals surface area contributed by atoms with Crippen LogP contribution in [0.3, 0.4) is 0 Å². The number of hydrogen-bond acceptors (Lipinski definition) is 0. The normalized spacial score (nSPS) is 13.2. The van der Waals surface area contributed by atoms with Gasteiger partial charge in [-0.2, -0.15) is 13.2 Å². The van der Waals surface area contributed by atoms with Crippen molar-refractivity contribution in [3.05, 3.63) is 70.8 Å². The Bertz CT molecular complexity index is 619. The van der Waals surface area contributed by atoms with Crippen LogP contribution in [0.4, 0.5) is 22.0 Å². The van der Waals surface area contributed by atoms with Gasteiger partial charge in [0, 0.05) is 5.56 Å². The summed E-state index contributed by atoms with van der Waals surface area (Å²) >= 11 is 6.01. The van der Waals surface area contributed by atoms with Crippen LogP contribution >= 0.6 is 11.6 Å². The lowest BCUT2D eigenvalue weighted by atomic mass is 10.0. The molecule has 0 aliphatic rings. The molecule has 0 saturated heterocycles. The molecule has 0 aromatic heterocycles. The van der Waals surface area contributed by atoms with Crippen molar-refractivity contribution >= 4 is 11.6 Å². The van der Waals surface area contributed by atoms with Crippen molar-refractivity contribution in [3.8, 4) is 0 Å². The Morgan fingerprint density at radius 2 is 1.57 bits per heavy atom. The molecule has 1 unspecified atom stereocenters. The Morgan fingerprint density at radius 1 is 0.952 bits per heavy atom. The minimum Gasteiger partial charge on any atom is -0.207 e. The standard InChI is InChI=1S/C15H10ClF5/c16-13(7-9-1-4-11(17)5-2-9)12-8-10(15(19,20)21)3-6-14(12)18/h1-6,8,13H,7H2. The second-order valence-corrected chi connectivity index (χ2v) is 5.06. The Labute approximate surface area is 123 Å². The van der Waals surface area contributed by atoms with Crippen molar-refractivity contribution in [3.63, 3.8) is 0 Å². The molecule has 0 radical (unpaired) electrons. The number of benzene rings is 2. The average Bonchev–Trinajstić information content (AvgIpc) is 2.40. The maximum absolute atomic E-state index is 13.7. The Morgan fingerprint density at radius 3 is 2.14 bits per heavy atom. The summed E-state index contributed by atoms with van der Waals surface area (Å²) < 4.78 is 64.3. The molecule has 0 heterocycles. The summed E-state index contributed by atoms with van der Waals surface area (Å²) in [5.74, 6) is -1.24. The number of hydrogen-bond donors (Lipinski definition) is 0. The van der Waals surface area contributed by atoms with Gasteiger partial charge >= 0.3 is 6.18 Å². The summed E-state index contributed by atoms with van der Waals surface area (Å²) in [5, 5.41) is -0.974. The first-order valence-corrected chi connectivity index (χ1v) is 6.46. The number of alkyl halides is 4. The summed E-state index contributed by atoms with van der Waals surface area (Å²) in [6.07, 6.45) is -4.46. The van der Waals surface area contributed by atoms with Gasteiger partial charge in [-0.1, -0.05) is 12.1 Å². The molecule has 0 bridgehead atoms. The predicted molar refractivity (Wildman–Crippen MR) is 70.1 cm³/mol. The maximum Gasteiger partial charge on any atom is 0.416 e. The molecule has 0 nitrogen and oxygen atoms in total. The molecule has 112 valence electrons. The molecule has 0 aliphatic carbocycles. The van der Waals surface area contributed by atoms with E-state index in [4.69, 9.17) is 11.6 Å². The van der Waals surface area contributed by atoms with Crippen molar-refractivity contribution in [2.75, 3.05) is 0 Å². The van der Waals surface area contributed by atoms with Crippen LogP contribution in [0, 0.1) is 11.6 Å². The fourth-order valence-corrected chi connectivity index (χ4v) is 2.24. The van der Waals surface area contributed by atoms with Gasteiger partial charge < -0.3 is 0 Å². The lowest BCUT2D eigenvalue weighted by molar-refractivity contribution is -0.137. The SMILES string of the molecule is Fc1ccc(CC(Cl)c2cc(C(F)(F)F)ccc2F)cc1. The molecule has 0 saturated carbocycles. The van der Waals surface area contributed by atoms with Crippen LogP contribution in [0.5, 0.6) is 0 Å². The highest BCUT2D eigenvalue weighted by Gasteiger charge is 2.31. The van der Waals surface area contributed by atoms with E-state index in [-0.39, 0.29) is 12.0 Å². The zero-order valence-corrected chi connectivity index (χ0v) is 11.3. The van der Waals surface area contributed by atoms with E-state index in [0.717, 1.165) is 6.07 Å². The van der Waals surface area contributed by atoms with E-state index in [1.807, 2.05) is 0 Å². The van der Waals surface area contributed by atoms with Gasteiger partial charge in [-0.05, 0) is 42.3 Å². The number of rotatable bonds is 3. The maximum atomic E-state index is 13.7. The molecule has 1 atom stereocenters. The summed E-state index contributed by atoms with van der Waals surface area (Å²) in [6.45, 7) is 0. The first-order valence-electron chi connectivity index (χ1n) is 6.02. The van der Waals surface area contributed by atoms with E-state index in [0.29, 0.717) is 17.7 Å². The van der Waals surface area contributed by atoms with Gasteiger partial charge in [0.1, 0.15) is 11.6 Å². The highest BCUT2D eigenvalue weighted by Crippen LogP contribution is 2.34. The fraction of sp³-hybridized carbons (Fsp3) is 0.200. The Kier molecular flexibility index (Phi) is 4.52. The van der Waals surface area contributed by atoms with Crippen LogP contribution in [-0.4, -0.2) is 0 Å². The quantitative estimate of drug-likeness (QED) is 0.517. The van der Waals surface area contributed by atoms with Gasteiger partial charge in [0.25, 0.3) is 0 Å². The second-order valence-electron chi connectivity index (χ2n) is 4.53. The van der Waals surface area contributed by atoms with Gasteiger partial charge in [-0.25, -0.2) is 8.78 Å². The van der Waals surface area contributed by atoms with E-state index in [1.54, 1.807) is 0 Å². The molecule has 0 N–H and O–H groups in total. The van der Waals surface area contributed by atoms with Crippen molar-refractivity contribution in [2.24, 2.45) is 0 Å². The van der Waals surface area contributed by atoms with Gasteiger partial charge in [0.15, 0.2) is 0 Å². The average molecular weight is 321 g/mol. The molecule has 2 rings (SSSR count). The second kappa shape index (κ2) is 6.02. The molecule has 0 fully saturated rings. The van der Waals surface area contributed by atoms with Gasteiger partial charge in [0.05, 0.1) is 10.9 Å². The summed E-state index contributed by atoms with van der Waals surface area (Å²) in [5.41, 5.74) is -0.576. The smallest absolute Gasteiger partial charge is 0.207 e. The fourth-order valence-electron chi connectivity index (χ4n) is 1.90. The van der Waals surface area contributed by atoms with E-state index >= 15 is 0 Å². The first kappa shape index (κ1) is 15.8. The van der Waals surface area contributed by atoms with Gasteiger partial charge in [-0.3, -0.25) is 0 Å². The van der Waals surface area contributed by atoms with Crippen LogP contribution in [0.1, 0.15) is 22.1 Å². The lowest BCUT2D eigenvalue weighted by Gasteiger charge is -2.14. The Hall–Kier alpha value is -1.62. The van der Waals surface area contributed by atoms with Gasteiger partial charge in [-0.15, -0.1) is 11.6 Å². The molecule has 6 heteroatoms. The third-order valence-corrected chi connectivity index (χ3v) is 3.38. The molecule has 21 heavy (non-hydrogen) atoms. The highest BCUT2D eigenvalue weighted by atomic mass is 35.5. The van der Waals surface area contributed by atoms with E-state index < -0.39 is 28.8 Å². The Balaban J connectivity index is 2.26. The zero-order chi connectivity index (χ0) is 15.6. The molecule has 2 aromatic rings. The molecule has 0 aliphatic heterocycles. The third kappa shape index (κ3) is 3.94. The largest absolute Gasteiger partial charge is 0.416 e. The van der Waals surface area contributed by atoms with E-state index in [9.17, 15) is 22.0 Å². The van der Waals surface area contributed by atoms with Crippen LogP contribution in [0.15, 0.2) is 42.5 Å². The minimum absolute atomic E-state index is 0.0973. The van der Waals surface area contributed by atoms with Crippen molar-refractivity contribution < 1.29 is 22.0 Å². The van der Waals surface area contributed by atoms with Crippen molar-refractivity contribution in [2.45, 2.75) is 18.0 Å². The van der Waals surface area contributed by atoms with Crippen LogP contribution in [0.2, 0.25) is 0 Å². The van der Waals surface area contributed by atoms with Gasteiger partial charge in [0.2, 0.25) is 0 Å². The topological polar surface area (TPSA) is 0 Å². The molecular weight excluding hydrogens is 311 g/mol. The lowest BCUT2D eigenvalue weighted by Crippen LogP contribution is -2.08. The van der Waals surface area contributed by atoms with Crippen LogP contribution in [-0.2, 0) is 12.6 Å². The number of halogens is 6. The highest BCUT2D eigenvalue weighted by molar-refractivity contribution is 6.21. The molecular formula is C15H10ClF5. The summed E-state index contributed by atoms with van der Waals surface area (Å²) in [4.78, 5) is 0. The summed E-state index contributed by atoms with van der Waals surface area (Å²) in [7, 11) is 0. The predicted octanol–water partition coefficient (Wildman–Crippen LogP) is 5.51. The van der Waals surface area contributed by atoms with Crippen molar-refractivity contribution in [1.82, 2.24) is 0 Å². The third-order valence-electron chi connectivity index (χ3n) is 2.99.